The molecule has 0 bridgehead atoms. The van der Waals surface area contributed by atoms with Crippen LogP contribution >= 0.6 is 0 Å². The number of esters is 2. The van der Waals surface area contributed by atoms with E-state index in [1.165, 1.54) is 12.1 Å². The number of ether oxygens (including phenoxy) is 2. The SMILES string of the molecule is C=C1C(=O)OC2C3C(=C(C)CC(OC(=O)Cc4ccc(O)cc4)C12)C(=O)CC3CO. The van der Waals surface area contributed by atoms with Crippen molar-refractivity contribution in [2.75, 3.05) is 6.61 Å². The van der Waals surface area contributed by atoms with E-state index in [1.807, 2.05) is 6.92 Å². The monoisotopic (exact) mass is 412 g/mol. The number of benzene rings is 1. The fourth-order valence-electron chi connectivity index (χ4n) is 5.01. The van der Waals surface area contributed by atoms with E-state index < -0.39 is 36.0 Å². The van der Waals surface area contributed by atoms with Crippen molar-refractivity contribution >= 4 is 17.7 Å². The van der Waals surface area contributed by atoms with Gasteiger partial charge in [0.25, 0.3) is 0 Å². The standard InChI is InChI=1S/C23H24O7/c1-11-7-17(29-18(27)8-13-3-5-15(25)6-4-13)20-12(2)23(28)30-22(20)21-14(10-24)9-16(26)19(11)21/h3-6,14,17,20-22,24-25H,2,7-10H2,1H3. The lowest BCUT2D eigenvalue weighted by Crippen LogP contribution is -2.38. The van der Waals surface area contributed by atoms with Crippen molar-refractivity contribution in [3.63, 3.8) is 0 Å². The molecule has 158 valence electrons. The summed E-state index contributed by atoms with van der Waals surface area (Å²) in [5, 5.41) is 19.2. The summed E-state index contributed by atoms with van der Waals surface area (Å²) in [6.07, 6.45) is -0.858. The number of aromatic hydroxyl groups is 1. The molecule has 3 aliphatic rings. The van der Waals surface area contributed by atoms with E-state index in [1.54, 1.807) is 12.1 Å². The zero-order chi connectivity index (χ0) is 21.6. The molecule has 4 rings (SSSR count). The summed E-state index contributed by atoms with van der Waals surface area (Å²) in [7, 11) is 0. The summed E-state index contributed by atoms with van der Waals surface area (Å²) in [6, 6.07) is 6.25. The number of ketones is 1. The molecule has 1 saturated carbocycles. The second-order valence-corrected chi connectivity index (χ2v) is 8.29. The molecule has 0 radical (unpaired) electrons. The maximum Gasteiger partial charge on any atom is 0.334 e. The number of hydrogen-bond donors (Lipinski definition) is 2. The summed E-state index contributed by atoms with van der Waals surface area (Å²) in [6.45, 7) is 5.50. The first kappa shape index (κ1) is 20.3. The van der Waals surface area contributed by atoms with Crippen LogP contribution in [0.3, 0.4) is 0 Å². The lowest BCUT2D eigenvalue weighted by molar-refractivity contribution is -0.152. The molecule has 1 aromatic carbocycles. The highest BCUT2D eigenvalue weighted by Crippen LogP contribution is 2.50. The fraction of sp³-hybridized carbons (Fsp3) is 0.435. The number of aliphatic hydroxyl groups excluding tert-OH is 1. The van der Waals surface area contributed by atoms with E-state index in [0.717, 1.165) is 5.57 Å². The van der Waals surface area contributed by atoms with Crippen LogP contribution in [0, 0.1) is 17.8 Å². The molecule has 1 heterocycles. The van der Waals surface area contributed by atoms with Crippen molar-refractivity contribution in [3.05, 3.63) is 53.1 Å². The van der Waals surface area contributed by atoms with Gasteiger partial charge in [0.15, 0.2) is 5.78 Å². The van der Waals surface area contributed by atoms with Crippen molar-refractivity contribution in [2.24, 2.45) is 17.8 Å². The highest BCUT2D eigenvalue weighted by Gasteiger charge is 2.56. The lowest BCUT2D eigenvalue weighted by Gasteiger charge is -2.29. The first-order valence-corrected chi connectivity index (χ1v) is 10.0. The predicted octanol–water partition coefficient (Wildman–Crippen LogP) is 1.86. The molecule has 0 amide bonds. The summed E-state index contributed by atoms with van der Waals surface area (Å²) in [5.74, 6) is -2.31. The Bertz CT molecular complexity index is 943. The van der Waals surface area contributed by atoms with Crippen LogP contribution in [0.15, 0.2) is 47.6 Å². The van der Waals surface area contributed by atoms with E-state index in [4.69, 9.17) is 9.47 Å². The van der Waals surface area contributed by atoms with Crippen molar-refractivity contribution < 1.29 is 34.1 Å². The Hall–Kier alpha value is -2.93. The van der Waals surface area contributed by atoms with E-state index in [-0.39, 0.29) is 42.5 Å². The normalized spacial score (nSPS) is 30.6. The molecule has 1 aromatic rings. The maximum absolute atomic E-state index is 12.6. The van der Waals surface area contributed by atoms with Crippen molar-refractivity contribution in [1.29, 1.82) is 0 Å². The molecule has 7 nitrogen and oxygen atoms in total. The van der Waals surface area contributed by atoms with Crippen LogP contribution in [0.25, 0.3) is 0 Å². The molecule has 2 aliphatic carbocycles. The highest BCUT2D eigenvalue weighted by molar-refractivity contribution is 6.00. The average molecular weight is 412 g/mol. The van der Waals surface area contributed by atoms with Crippen LogP contribution in [0.2, 0.25) is 0 Å². The molecule has 2 N–H and O–H groups in total. The van der Waals surface area contributed by atoms with Gasteiger partial charge in [-0.1, -0.05) is 24.3 Å². The van der Waals surface area contributed by atoms with Crippen molar-refractivity contribution in [1.82, 2.24) is 0 Å². The number of hydrogen-bond acceptors (Lipinski definition) is 7. The van der Waals surface area contributed by atoms with Gasteiger partial charge in [-0.15, -0.1) is 0 Å². The molecule has 7 heteroatoms. The van der Waals surface area contributed by atoms with Crippen molar-refractivity contribution in [2.45, 2.75) is 38.4 Å². The molecule has 0 aromatic heterocycles. The zero-order valence-corrected chi connectivity index (χ0v) is 16.7. The fourth-order valence-corrected chi connectivity index (χ4v) is 5.01. The Morgan fingerprint density at radius 3 is 2.57 bits per heavy atom. The Kier molecular flexibility index (Phi) is 5.24. The first-order valence-electron chi connectivity index (χ1n) is 10.0. The Morgan fingerprint density at radius 1 is 1.20 bits per heavy atom. The predicted molar refractivity (Wildman–Crippen MR) is 105 cm³/mol. The summed E-state index contributed by atoms with van der Waals surface area (Å²) >= 11 is 0. The van der Waals surface area contributed by atoms with Gasteiger partial charge in [0.2, 0.25) is 0 Å². The van der Waals surface area contributed by atoms with Crippen molar-refractivity contribution in [3.8, 4) is 5.75 Å². The van der Waals surface area contributed by atoms with E-state index in [0.29, 0.717) is 17.6 Å². The van der Waals surface area contributed by atoms with Crippen LogP contribution in [0.1, 0.15) is 25.3 Å². The molecule has 1 saturated heterocycles. The maximum atomic E-state index is 12.6. The Balaban J connectivity index is 1.62. The smallest absolute Gasteiger partial charge is 0.334 e. The second kappa shape index (κ2) is 7.72. The van der Waals surface area contributed by atoms with E-state index >= 15 is 0 Å². The quantitative estimate of drug-likeness (QED) is 0.574. The van der Waals surface area contributed by atoms with Gasteiger partial charge >= 0.3 is 11.9 Å². The van der Waals surface area contributed by atoms with Crippen LogP contribution in [0.5, 0.6) is 5.75 Å². The lowest BCUT2D eigenvalue weighted by atomic mass is 9.80. The molecule has 30 heavy (non-hydrogen) atoms. The minimum Gasteiger partial charge on any atom is -0.508 e. The third kappa shape index (κ3) is 3.43. The van der Waals surface area contributed by atoms with Gasteiger partial charge in [-0.05, 0) is 30.5 Å². The number of Topliss-reactive ketones (excluding diaryl/α,β-unsaturated/α-hetero) is 1. The molecular formula is C23H24O7. The number of carbonyl (C=O) groups is 3. The number of rotatable bonds is 4. The summed E-state index contributed by atoms with van der Waals surface area (Å²) < 4.78 is 11.4. The largest absolute Gasteiger partial charge is 0.508 e. The summed E-state index contributed by atoms with van der Waals surface area (Å²) in [4.78, 5) is 37.6. The molecule has 5 unspecified atom stereocenters. The number of carbonyl (C=O) groups excluding carboxylic acids is 3. The number of aliphatic hydroxyl groups is 1. The first-order chi connectivity index (χ1) is 14.3. The Morgan fingerprint density at radius 2 is 1.90 bits per heavy atom. The van der Waals surface area contributed by atoms with Gasteiger partial charge in [-0.25, -0.2) is 4.79 Å². The minimum atomic E-state index is -0.691. The Labute approximate surface area is 174 Å². The molecular weight excluding hydrogens is 388 g/mol. The molecule has 5 atom stereocenters. The summed E-state index contributed by atoms with van der Waals surface area (Å²) in [5.41, 5.74) is 2.29. The number of phenolic OH excluding ortho intramolecular Hbond substituents is 1. The van der Waals surface area contributed by atoms with Gasteiger partial charge < -0.3 is 19.7 Å². The van der Waals surface area contributed by atoms with Crippen LogP contribution in [0.4, 0.5) is 0 Å². The average Bonchev–Trinajstić information content (AvgIpc) is 3.15. The van der Waals surface area contributed by atoms with Gasteiger partial charge in [0, 0.05) is 36.5 Å². The highest BCUT2D eigenvalue weighted by atomic mass is 16.6. The van der Waals surface area contributed by atoms with Gasteiger partial charge in [0.05, 0.1) is 12.3 Å². The van der Waals surface area contributed by atoms with E-state index in [9.17, 15) is 24.6 Å². The molecule has 2 fully saturated rings. The topological polar surface area (TPSA) is 110 Å². The molecule has 1 aliphatic heterocycles. The van der Waals surface area contributed by atoms with Gasteiger partial charge in [0.1, 0.15) is 18.0 Å². The van der Waals surface area contributed by atoms with Gasteiger partial charge in [-0.2, -0.15) is 0 Å². The number of fused-ring (bicyclic) bond motifs is 3. The zero-order valence-electron chi connectivity index (χ0n) is 16.7. The van der Waals surface area contributed by atoms with Crippen LogP contribution in [-0.2, 0) is 30.3 Å². The van der Waals surface area contributed by atoms with Gasteiger partial charge in [-0.3, -0.25) is 9.59 Å². The minimum absolute atomic E-state index is 0.00664. The second-order valence-electron chi connectivity index (χ2n) is 8.29. The van der Waals surface area contributed by atoms with E-state index in [2.05, 4.69) is 6.58 Å². The number of phenols is 1. The third-order valence-corrected chi connectivity index (χ3v) is 6.37. The molecule has 0 spiro atoms. The third-order valence-electron chi connectivity index (χ3n) is 6.37. The van der Waals surface area contributed by atoms with Crippen LogP contribution < -0.4 is 0 Å². The van der Waals surface area contributed by atoms with Crippen LogP contribution in [-0.4, -0.2) is 46.7 Å².